The van der Waals surface area contributed by atoms with Crippen LogP contribution in [0.3, 0.4) is 0 Å². The van der Waals surface area contributed by atoms with Gasteiger partial charge >= 0.3 is 0 Å². The van der Waals surface area contributed by atoms with Crippen LogP contribution < -0.4 is 9.80 Å². The third kappa shape index (κ3) is 6.91. The van der Waals surface area contributed by atoms with Crippen molar-refractivity contribution in [2.75, 3.05) is 30.4 Å². The SMILES string of the molecule is CCCCN(C)c1ccccc1CN(C)c1nc(-c2cc(F)c(O)cc2CC)cc(C)c1C=NC(C)CC. The van der Waals surface area contributed by atoms with Gasteiger partial charge in [-0.1, -0.05) is 45.4 Å². The predicted molar refractivity (Wildman–Crippen MR) is 159 cm³/mol. The van der Waals surface area contributed by atoms with Crippen molar-refractivity contribution in [3.8, 4) is 17.0 Å². The fourth-order valence-corrected chi connectivity index (χ4v) is 4.56. The average molecular weight is 519 g/mol. The molecule has 204 valence electrons. The summed E-state index contributed by atoms with van der Waals surface area (Å²) in [6.07, 6.45) is 5.84. The van der Waals surface area contributed by atoms with Crippen LogP contribution in [0.25, 0.3) is 11.3 Å². The third-order valence-corrected chi connectivity index (χ3v) is 7.14. The topological polar surface area (TPSA) is 52.0 Å². The van der Waals surface area contributed by atoms with Crippen LogP contribution in [-0.4, -0.2) is 43.0 Å². The number of aromatic nitrogens is 1. The number of aryl methyl sites for hydroxylation is 2. The molecule has 1 unspecified atom stereocenters. The highest BCUT2D eigenvalue weighted by Gasteiger charge is 2.19. The first kappa shape index (κ1) is 29.2. The Morgan fingerprint density at radius 1 is 1.05 bits per heavy atom. The van der Waals surface area contributed by atoms with Gasteiger partial charge in [0, 0.05) is 56.3 Å². The monoisotopic (exact) mass is 518 g/mol. The molecular formula is C32H43FN4O. The number of aromatic hydroxyl groups is 1. The summed E-state index contributed by atoms with van der Waals surface area (Å²) in [5, 5.41) is 9.95. The number of halogens is 1. The summed E-state index contributed by atoms with van der Waals surface area (Å²) in [5.41, 5.74) is 6.66. The fraction of sp³-hybridized carbons (Fsp3) is 0.438. The van der Waals surface area contributed by atoms with E-state index in [1.54, 1.807) is 0 Å². The molecule has 2 aromatic carbocycles. The molecule has 0 saturated heterocycles. The lowest BCUT2D eigenvalue weighted by molar-refractivity contribution is 0.432. The third-order valence-electron chi connectivity index (χ3n) is 7.14. The number of aliphatic imine (C=N–C) groups is 1. The summed E-state index contributed by atoms with van der Waals surface area (Å²) in [7, 11) is 4.19. The Kier molecular flexibility index (Phi) is 10.3. The van der Waals surface area contributed by atoms with Crippen LogP contribution in [0, 0.1) is 12.7 Å². The van der Waals surface area contributed by atoms with E-state index < -0.39 is 5.82 Å². The van der Waals surface area contributed by atoms with Crippen molar-refractivity contribution in [1.82, 2.24) is 4.98 Å². The molecule has 3 rings (SSSR count). The number of anilines is 2. The molecule has 0 aliphatic heterocycles. The summed E-state index contributed by atoms with van der Waals surface area (Å²) in [6, 6.07) is 13.6. The quantitative estimate of drug-likeness (QED) is 0.252. The predicted octanol–water partition coefficient (Wildman–Crippen LogP) is 7.55. The molecule has 3 aromatic rings. The highest BCUT2D eigenvalue weighted by molar-refractivity contribution is 5.90. The van der Waals surface area contributed by atoms with E-state index in [0.717, 1.165) is 48.3 Å². The first-order valence-electron chi connectivity index (χ1n) is 13.8. The van der Waals surface area contributed by atoms with Crippen molar-refractivity contribution in [2.24, 2.45) is 4.99 Å². The average Bonchev–Trinajstić information content (AvgIpc) is 2.91. The normalized spacial score (nSPS) is 12.2. The molecule has 38 heavy (non-hydrogen) atoms. The van der Waals surface area contributed by atoms with Gasteiger partial charge in [-0.05, 0) is 74.1 Å². The summed E-state index contributed by atoms with van der Waals surface area (Å²) < 4.78 is 14.5. The summed E-state index contributed by atoms with van der Waals surface area (Å²) >= 11 is 0. The number of hydrogen-bond acceptors (Lipinski definition) is 5. The standard InChI is InChI=1S/C32H43FN4O/c1-8-11-16-36(6)30-15-13-12-14-25(30)21-37(7)32-27(20-34-23(5)9-2)22(4)17-29(35-32)26-19-28(33)31(38)18-24(26)10-3/h12-15,17-20,23,38H,8-11,16,21H2,1-7H3. The molecule has 0 fully saturated rings. The molecule has 1 aromatic heterocycles. The highest BCUT2D eigenvalue weighted by atomic mass is 19.1. The summed E-state index contributed by atoms with van der Waals surface area (Å²) in [6.45, 7) is 12.2. The van der Waals surface area contributed by atoms with Gasteiger partial charge < -0.3 is 14.9 Å². The van der Waals surface area contributed by atoms with Gasteiger partial charge in [0.2, 0.25) is 0 Å². The lowest BCUT2D eigenvalue weighted by Gasteiger charge is -2.27. The molecule has 6 heteroatoms. The van der Waals surface area contributed by atoms with Gasteiger partial charge in [-0.15, -0.1) is 0 Å². The molecule has 0 bridgehead atoms. The molecule has 0 aliphatic carbocycles. The molecule has 5 nitrogen and oxygen atoms in total. The lowest BCUT2D eigenvalue weighted by Crippen LogP contribution is -2.24. The van der Waals surface area contributed by atoms with E-state index in [1.165, 1.54) is 23.4 Å². The van der Waals surface area contributed by atoms with Gasteiger partial charge in [-0.25, -0.2) is 9.37 Å². The van der Waals surface area contributed by atoms with Gasteiger partial charge in [-0.2, -0.15) is 0 Å². The number of nitrogens with zero attached hydrogens (tertiary/aromatic N) is 4. The van der Waals surface area contributed by atoms with E-state index in [-0.39, 0.29) is 11.8 Å². The molecule has 1 N–H and O–H groups in total. The van der Waals surface area contributed by atoms with Gasteiger partial charge in [0.05, 0.1) is 5.69 Å². The molecule has 0 saturated carbocycles. The number of phenolic OH excluding ortho intramolecular Hbond substituents is 1. The molecule has 0 spiro atoms. The molecule has 0 radical (unpaired) electrons. The Labute approximate surface area is 228 Å². The van der Waals surface area contributed by atoms with E-state index in [9.17, 15) is 9.50 Å². The van der Waals surface area contributed by atoms with Crippen LogP contribution in [0.15, 0.2) is 47.5 Å². The van der Waals surface area contributed by atoms with Crippen LogP contribution in [0.5, 0.6) is 5.75 Å². The van der Waals surface area contributed by atoms with Crippen molar-refractivity contribution in [2.45, 2.75) is 72.9 Å². The van der Waals surface area contributed by atoms with Crippen molar-refractivity contribution >= 4 is 17.7 Å². The molecule has 1 heterocycles. The number of phenols is 1. The molecular weight excluding hydrogens is 475 g/mol. The molecule has 0 amide bonds. The Balaban J connectivity index is 2.11. The second kappa shape index (κ2) is 13.4. The largest absolute Gasteiger partial charge is 0.505 e. The van der Waals surface area contributed by atoms with E-state index >= 15 is 0 Å². The minimum Gasteiger partial charge on any atom is -0.505 e. The Bertz CT molecular complexity index is 1260. The first-order chi connectivity index (χ1) is 18.2. The van der Waals surface area contributed by atoms with Crippen LogP contribution in [0.2, 0.25) is 0 Å². The number of unbranched alkanes of at least 4 members (excludes halogenated alkanes) is 1. The number of hydrogen-bond donors (Lipinski definition) is 1. The Morgan fingerprint density at radius 3 is 2.47 bits per heavy atom. The zero-order valence-electron chi connectivity index (χ0n) is 24.1. The van der Waals surface area contributed by atoms with E-state index in [4.69, 9.17) is 9.98 Å². The maximum atomic E-state index is 14.5. The van der Waals surface area contributed by atoms with Gasteiger partial charge in [-0.3, -0.25) is 4.99 Å². The van der Waals surface area contributed by atoms with Crippen LogP contribution in [0.4, 0.5) is 15.9 Å². The Hall–Kier alpha value is -3.41. The molecule has 0 aliphatic rings. The highest BCUT2D eigenvalue weighted by Crippen LogP contribution is 2.33. The fourth-order valence-electron chi connectivity index (χ4n) is 4.56. The van der Waals surface area contributed by atoms with Crippen LogP contribution >= 0.6 is 0 Å². The maximum absolute atomic E-state index is 14.5. The van der Waals surface area contributed by atoms with Gasteiger partial charge in [0.15, 0.2) is 11.6 Å². The number of pyridine rings is 1. The smallest absolute Gasteiger partial charge is 0.165 e. The van der Waals surface area contributed by atoms with E-state index in [1.807, 2.05) is 26.3 Å². The van der Waals surface area contributed by atoms with Crippen molar-refractivity contribution in [3.05, 3.63) is 70.5 Å². The van der Waals surface area contributed by atoms with Gasteiger partial charge in [0.1, 0.15) is 5.82 Å². The minimum absolute atomic E-state index is 0.207. The minimum atomic E-state index is -0.641. The number of rotatable bonds is 12. The summed E-state index contributed by atoms with van der Waals surface area (Å²) in [5.74, 6) is -0.174. The van der Waals surface area contributed by atoms with Crippen molar-refractivity contribution in [1.29, 1.82) is 0 Å². The van der Waals surface area contributed by atoms with E-state index in [2.05, 4.69) is 68.8 Å². The molecule has 1 atom stereocenters. The van der Waals surface area contributed by atoms with Crippen molar-refractivity contribution < 1.29 is 9.50 Å². The Morgan fingerprint density at radius 2 is 1.79 bits per heavy atom. The van der Waals surface area contributed by atoms with Crippen LogP contribution in [0.1, 0.15) is 69.2 Å². The van der Waals surface area contributed by atoms with E-state index in [0.29, 0.717) is 24.2 Å². The summed E-state index contributed by atoms with van der Waals surface area (Å²) in [4.78, 5) is 14.3. The zero-order valence-corrected chi connectivity index (χ0v) is 24.1. The number of para-hydroxylation sites is 1. The van der Waals surface area contributed by atoms with Crippen LogP contribution in [-0.2, 0) is 13.0 Å². The lowest BCUT2D eigenvalue weighted by atomic mass is 9.98. The zero-order chi connectivity index (χ0) is 27.8. The van der Waals surface area contributed by atoms with Crippen molar-refractivity contribution in [3.63, 3.8) is 0 Å². The van der Waals surface area contributed by atoms with Gasteiger partial charge in [0.25, 0.3) is 0 Å². The second-order valence-electron chi connectivity index (χ2n) is 10.2. The number of benzene rings is 2. The first-order valence-corrected chi connectivity index (χ1v) is 13.8. The maximum Gasteiger partial charge on any atom is 0.165 e. The second-order valence-corrected chi connectivity index (χ2v) is 10.2.